The molecule has 0 unspecified atom stereocenters. The number of carboxylic acid groups (broad SMARTS) is 1. The average Bonchev–Trinajstić information content (AvgIpc) is 2.50. The summed E-state index contributed by atoms with van der Waals surface area (Å²) in [4.78, 5) is 10.3. The molecule has 1 aromatic heterocycles. The van der Waals surface area contributed by atoms with Gasteiger partial charge < -0.3 is 10.2 Å². The van der Waals surface area contributed by atoms with E-state index in [2.05, 4.69) is 5.10 Å². The maximum absolute atomic E-state index is 10.3. The number of carboxylic acids is 1. The molecule has 5 nitrogen and oxygen atoms in total. The van der Waals surface area contributed by atoms with Crippen LogP contribution in [0, 0.1) is 0 Å². The summed E-state index contributed by atoms with van der Waals surface area (Å²) in [7, 11) is 0. The normalized spacial score (nSPS) is 13.1. The molecule has 14 heavy (non-hydrogen) atoms. The monoisotopic (exact) mass is 198 g/mol. The van der Waals surface area contributed by atoms with E-state index in [1.807, 2.05) is 13.8 Å². The fourth-order valence-corrected chi connectivity index (χ4v) is 1.09. The van der Waals surface area contributed by atoms with E-state index < -0.39 is 12.1 Å². The first-order valence-corrected chi connectivity index (χ1v) is 4.44. The first-order valence-electron chi connectivity index (χ1n) is 4.44. The van der Waals surface area contributed by atoms with Gasteiger partial charge in [-0.3, -0.25) is 9.48 Å². The topological polar surface area (TPSA) is 75.4 Å². The molecule has 0 aliphatic rings. The Hall–Kier alpha value is -1.36. The third-order valence-electron chi connectivity index (χ3n) is 1.90. The van der Waals surface area contributed by atoms with E-state index in [-0.39, 0.29) is 12.5 Å². The number of carbonyl (C=O) groups is 1. The average molecular weight is 198 g/mol. The van der Waals surface area contributed by atoms with Crippen molar-refractivity contribution in [3.63, 3.8) is 0 Å². The molecule has 1 rings (SSSR count). The molecule has 0 aliphatic heterocycles. The Morgan fingerprint density at radius 3 is 2.71 bits per heavy atom. The number of hydrogen-bond acceptors (Lipinski definition) is 3. The minimum Gasteiger partial charge on any atom is -0.481 e. The maximum Gasteiger partial charge on any atom is 0.306 e. The van der Waals surface area contributed by atoms with Crippen LogP contribution in [-0.4, -0.2) is 26.0 Å². The lowest BCUT2D eigenvalue weighted by Gasteiger charge is -2.05. The molecule has 78 valence electrons. The van der Waals surface area contributed by atoms with Crippen molar-refractivity contribution < 1.29 is 15.0 Å². The Morgan fingerprint density at radius 2 is 2.29 bits per heavy atom. The number of aromatic nitrogens is 2. The largest absolute Gasteiger partial charge is 0.481 e. The second kappa shape index (κ2) is 4.23. The van der Waals surface area contributed by atoms with Crippen molar-refractivity contribution in [2.24, 2.45) is 0 Å². The van der Waals surface area contributed by atoms with Crippen LogP contribution in [0.2, 0.25) is 0 Å². The zero-order valence-corrected chi connectivity index (χ0v) is 8.21. The molecule has 1 heterocycles. The van der Waals surface area contributed by atoms with Gasteiger partial charge in [-0.2, -0.15) is 5.10 Å². The van der Waals surface area contributed by atoms with Crippen molar-refractivity contribution in [3.05, 3.63) is 18.0 Å². The molecule has 1 aromatic rings. The fourth-order valence-electron chi connectivity index (χ4n) is 1.09. The Labute approximate surface area is 82.0 Å². The van der Waals surface area contributed by atoms with E-state index in [1.165, 1.54) is 6.20 Å². The minimum atomic E-state index is -1.02. The summed E-state index contributed by atoms with van der Waals surface area (Å²) in [5.74, 6) is -1.02. The van der Waals surface area contributed by atoms with Gasteiger partial charge >= 0.3 is 5.97 Å². The summed E-state index contributed by atoms with van der Waals surface area (Å²) >= 11 is 0. The van der Waals surface area contributed by atoms with E-state index >= 15 is 0 Å². The first kappa shape index (κ1) is 10.7. The van der Waals surface area contributed by atoms with E-state index in [9.17, 15) is 9.90 Å². The predicted octanol–water partition coefficient (Wildman–Crippen LogP) is 0.972. The Bertz CT molecular complexity index is 320. The van der Waals surface area contributed by atoms with E-state index in [0.29, 0.717) is 5.56 Å². The molecular formula is C9H14N2O3. The highest BCUT2D eigenvalue weighted by Gasteiger charge is 2.14. The van der Waals surface area contributed by atoms with Crippen LogP contribution in [0.3, 0.4) is 0 Å². The van der Waals surface area contributed by atoms with Gasteiger partial charge in [0.15, 0.2) is 0 Å². The standard InChI is InChI=1S/C9H14N2O3/c1-6(2)11-5-7(4-10-11)8(12)3-9(13)14/h4-6,8,12H,3H2,1-2H3,(H,13,14)/t8-/m0/s1. The van der Waals surface area contributed by atoms with Crippen molar-refractivity contribution in [1.29, 1.82) is 0 Å². The third kappa shape index (κ3) is 2.56. The van der Waals surface area contributed by atoms with Crippen LogP contribution in [0.5, 0.6) is 0 Å². The second-order valence-electron chi connectivity index (χ2n) is 3.46. The van der Waals surface area contributed by atoms with E-state index in [0.717, 1.165) is 0 Å². The van der Waals surface area contributed by atoms with Gasteiger partial charge in [-0.15, -0.1) is 0 Å². The van der Waals surface area contributed by atoms with Gasteiger partial charge in [0.1, 0.15) is 0 Å². The lowest BCUT2D eigenvalue weighted by Crippen LogP contribution is -2.05. The van der Waals surface area contributed by atoms with Crippen molar-refractivity contribution >= 4 is 5.97 Å². The number of aliphatic hydroxyl groups excluding tert-OH is 1. The van der Waals surface area contributed by atoms with E-state index in [4.69, 9.17) is 5.11 Å². The van der Waals surface area contributed by atoms with Gasteiger partial charge in [0.2, 0.25) is 0 Å². The highest BCUT2D eigenvalue weighted by Crippen LogP contribution is 2.16. The molecule has 0 aliphatic carbocycles. The fraction of sp³-hybridized carbons (Fsp3) is 0.556. The first-order chi connectivity index (χ1) is 6.50. The molecule has 0 amide bonds. The maximum atomic E-state index is 10.3. The van der Waals surface area contributed by atoms with Crippen molar-refractivity contribution in [2.75, 3.05) is 0 Å². The van der Waals surface area contributed by atoms with Crippen LogP contribution in [0.1, 0.15) is 38.0 Å². The van der Waals surface area contributed by atoms with Gasteiger partial charge in [0.05, 0.1) is 18.7 Å². The Kier molecular flexibility index (Phi) is 3.24. The quantitative estimate of drug-likeness (QED) is 0.756. The molecule has 1 atom stereocenters. The molecular weight excluding hydrogens is 184 g/mol. The van der Waals surface area contributed by atoms with Crippen LogP contribution in [0.25, 0.3) is 0 Å². The lowest BCUT2D eigenvalue weighted by atomic mass is 10.1. The van der Waals surface area contributed by atoms with Crippen LogP contribution in [0.4, 0.5) is 0 Å². The highest BCUT2D eigenvalue weighted by atomic mass is 16.4. The molecule has 5 heteroatoms. The zero-order valence-electron chi connectivity index (χ0n) is 8.21. The van der Waals surface area contributed by atoms with Gasteiger partial charge in [-0.1, -0.05) is 0 Å². The summed E-state index contributed by atoms with van der Waals surface area (Å²) in [6, 6.07) is 0.209. The molecule has 0 bridgehead atoms. The van der Waals surface area contributed by atoms with Gasteiger partial charge in [0, 0.05) is 17.8 Å². The molecule has 0 saturated carbocycles. The molecule has 0 radical (unpaired) electrons. The van der Waals surface area contributed by atoms with Crippen LogP contribution < -0.4 is 0 Å². The van der Waals surface area contributed by atoms with Crippen molar-refractivity contribution in [2.45, 2.75) is 32.4 Å². The van der Waals surface area contributed by atoms with Crippen molar-refractivity contribution in [1.82, 2.24) is 9.78 Å². The predicted molar refractivity (Wildman–Crippen MR) is 49.8 cm³/mol. The summed E-state index contributed by atoms with van der Waals surface area (Å²) in [6.45, 7) is 3.92. The van der Waals surface area contributed by atoms with E-state index in [1.54, 1.807) is 10.9 Å². The number of aliphatic hydroxyl groups is 1. The van der Waals surface area contributed by atoms with Crippen molar-refractivity contribution in [3.8, 4) is 0 Å². The molecule has 0 spiro atoms. The van der Waals surface area contributed by atoms with Crippen LogP contribution in [0.15, 0.2) is 12.4 Å². The number of aliphatic carboxylic acids is 1. The molecule has 2 N–H and O–H groups in total. The van der Waals surface area contributed by atoms with Crippen LogP contribution in [-0.2, 0) is 4.79 Å². The molecule has 0 saturated heterocycles. The van der Waals surface area contributed by atoms with Gasteiger partial charge in [0.25, 0.3) is 0 Å². The zero-order chi connectivity index (χ0) is 10.7. The summed E-state index contributed by atoms with van der Waals surface area (Å²) in [5, 5.41) is 21.9. The Morgan fingerprint density at radius 1 is 1.64 bits per heavy atom. The molecule has 0 aromatic carbocycles. The summed E-state index contributed by atoms with van der Waals surface area (Å²) in [6.07, 6.45) is 1.90. The Balaban J connectivity index is 2.71. The number of hydrogen-bond donors (Lipinski definition) is 2. The summed E-state index contributed by atoms with van der Waals surface area (Å²) in [5.41, 5.74) is 0.543. The third-order valence-corrected chi connectivity index (χ3v) is 1.90. The number of rotatable bonds is 4. The minimum absolute atomic E-state index is 0.209. The summed E-state index contributed by atoms with van der Waals surface area (Å²) < 4.78 is 1.68. The number of nitrogens with zero attached hydrogens (tertiary/aromatic N) is 2. The highest BCUT2D eigenvalue weighted by molar-refractivity contribution is 5.67. The van der Waals surface area contributed by atoms with Crippen LogP contribution >= 0.6 is 0 Å². The smallest absolute Gasteiger partial charge is 0.306 e. The SMILES string of the molecule is CC(C)n1cc([C@@H](O)CC(=O)O)cn1. The second-order valence-corrected chi connectivity index (χ2v) is 3.46. The van der Waals surface area contributed by atoms with Gasteiger partial charge in [-0.05, 0) is 13.8 Å². The van der Waals surface area contributed by atoms with Gasteiger partial charge in [-0.25, -0.2) is 0 Å². The lowest BCUT2D eigenvalue weighted by molar-refractivity contribution is -0.139. The molecule has 0 fully saturated rings.